The highest BCUT2D eigenvalue weighted by molar-refractivity contribution is 7.13. The Morgan fingerprint density at radius 1 is 1.50 bits per heavy atom. The van der Waals surface area contributed by atoms with Crippen molar-refractivity contribution < 1.29 is 14.3 Å². The number of aliphatic hydroxyl groups excluding tert-OH is 1. The van der Waals surface area contributed by atoms with Crippen molar-refractivity contribution in [3.8, 4) is 10.8 Å². The molecule has 6 heteroatoms. The van der Waals surface area contributed by atoms with E-state index in [0.717, 1.165) is 55.1 Å². The molecule has 5 nitrogen and oxygen atoms in total. The molecular formula is C18H24N2O3S. The summed E-state index contributed by atoms with van der Waals surface area (Å²) >= 11 is 1.64. The lowest BCUT2D eigenvalue weighted by molar-refractivity contribution is -0.0880. The van der Waals surface area contributed by atoms with E-state index in [0.29, 0.717) is 5.89 Å². The van der Waals surface area contributed by atoms with E-state index in [9.17, 15) is 5.11 Å². The van der Waals surface area contributed by atoms with Gasteiger partial charge in [-0.15, -0.1) is 11.3 Å². The molecule has 0 bridgehead atoms. The van der Waals surface area contributed by atoms with Gasteiger partial charge in [-0.05, 0) is 44.1 Å². The number of rotatable bonds is 4. The molecule has 1 aliphatic carbocycles. The molecule has 1 saturated heterocycles. The zero-order valence-corrected chi connectivity index (χ0v) is 15.0. The molecule has 4 rings (SSSR count). The molecule has 0 radical (unpaired) electrons. The molecule has 1 N–H and O–H groups in total. The number of fused-ring (bicyclic) bond motifs is 1. The van der Waals surface area contributed by atoms with Crippen LogP contribution in [0.2, 0.25) is 0 Å². The van der Waals surface area contributed by atoms with E-state index in [4.69, 9.17) is 14.1 Å². The highest BCUT2D eigenvalue weighted by Crippen LogP contribution is 2.43. The summed E-state index contributed by atoms with van der Waals surface area (Å²) in [5.74, 6) is 1.59. The van der Waals surface area contributed by atoms with E-state index in [1.54, 1.807) is 11.3 Å². The van der Waals surface area contributed by atoms with Crippen LogP contribution in [0.15, 0.2) is 21.9 Å². The van der Waals surface area contributed by atoms with Gasteiger partial charge >= 0.3 is 0 Å². The number of methoxy groups -OCH3 is 1. The summed E-state index contributed by atoms with van der Waals surface area (Å²) < 4.78 is 11.8. The maximum atomic E-state index is 10.1. The number of aryl methyl sites for hydroxylation is 1. The first-order chi connectivity index (χ1) is 11.6. The molecule has 1 aliphatic heterocycles. The van der Waals surface area contributed by atoms with Crippen molar-refractivity contribution in [2.45, 2.75) is 56.9 Å². The van der Waals surface area contributed by atoms with Gasteiger partial charge in [0.1, 0.15) is 5.76 Å². The maximum Gasteiger partial charge on any atom is 0.236 e. The highest BCUT2D eigenvalue weighted by Gasteiger charge is 2.50. The first-order valence-corrected chi connectivity index (χ1v) is 9.47. The first kappa shape index (κ1) is 16.3. The number of ether oxygens (including phenoxy) is 1. The number of aromatic nitrogens is 1. The van der Waals surface area contributed by atoms with Gasteiger partial charge in [-0.2, -0.15) is 0 Å². The second kappa shape index (κ2) is 6.26. The molecule has 3 heterocycles. The third-order valence-corrected chi connectivity index (χ3v) is 6.51. The Bertz CT molecular complexity index is 699. The van der Waals surface area contributed by atoms with Gasteiger partial charge in [-0.3, -0.25) is 4.90 Å². The predicted molar refractivity (Wildman–Crippen MR) is 93.0 cm³/mol. The van der Waals surface area contributed by atoms with Crippen LogP contribution in [-0.4, -0.2) is 46.4 Å². The Labute approximate surface area is 146 Å². The summed E-state index contributed by atoms with van der Waals surface area (Å²) in [4.78, 5) is 8.19. The summed E-state index contributed by atoms with van der Waals surface area (Å²) in [7, 11) is 1.81. The molecule has 1 saturated carbocycles. The van der Waals surface area contributed by atoms with Crippen LogP contribution in [0.4, 0.5) is 0 Å². The van der Waals surface area contributed by atoms with Crippen LogP contribution in [0, 0.1) is 6.92 Å². The highest BCUT2D eigenvalue weighted by atomic mass is 32.1. The van der Waals surface area contributed by atoms with Crippen molar-refractivity contribution in [1.82, 2.24) is 9.88 Å². The van der Waals surface area contributed by atoms with Crippen molar-refractivity contribution in [3.63, 3.8) is 0 Å². The maximum absolute atomic E-state index is 10.1. The Balaban J connectivity index is 1.55. The molecule has 2 fully saturated rings. The number of oxazole rings is 1. The second-order valence-electron chi connectivity index (χ2n) is 6.93. The largest absolute Gasteiger partial charge is 0.440 e. The molecule has 24 heavy (non-hydrogen) atoms. The summed E-state index contributed by atoms with van der Waals surface area (Å²) in [6, 6.07) is 4.30. The van der Waals surface area contributed by atoms with Crippen molar-refractivity contribution in [2.75, 3.05) is 13.7 Å². The van der Waals surface area contributed by atoms with Crippen molar-refractivity contribution in [1.29, 1.82) is 0 Å². The third-order valence-electron chi connectivity index (χ3n) is 5.65. The molecule has 0 spiro atoms. The number of likely N-dealkylation sites (tertiary alicyclic amines) is 1. The topological polar surface area (TPSA) is 58.7 Å². The minimum absolute atomic E-state index is 0.104. The van der Waals surface area contributed by atoms with Gasteiger partial charge in [0.15, 0.2) is 0 Å². The van der Waals surface area contributed by atoms with Gasteiger partial charge in [0.2, 0.25) is 5.89 Å². The van der Waals surface area contributed by atoms with E-state index in [1.807, 2.05) is 31.5 Å². The minimum atomic E-state index is -0.223. The monoisotopic (exact) mass is 348 g/mol. The number of thiophene rings is 1. The molecule has 0 aromatic carbocycles. The van der Waals surface area contributed by atoms with Crippen LogP contribution in [0.25, 0.3) is 10.8 Å². The van der Waals surface area contributed by atoms with E-state index in [2.05, 4.69) is 4.90 Å². The van der Waals surface area contributed by atoms with Gasteiger partial charge < -0.3 is 14.3 Å². The Morgan fingerprint density at radius 2 is 2.38 bits per heavy atom. The minimum Gasteiger partial charge on any atom is -0.440 e. The number of nitrogens with zero attached hydrogens (tertiary/aromatic N) is 2. The fraction of sp³-hybridized carbons (Fsp3) is 0.611. The number of hydrogen-bond acceptors (Lipinski definition) is 6. The Kier molecular flexibility index (Phi) is 4.24. The quantitative estimate of drug-likeness (QED) is 0.919. The summed E-state index contributed by atoms with van der Waals surface area (Å²) in [6.07, 6.45) is 3.35. The lowest BCUT2D eigenvalue weighted by Gasteiger charge is -2.42. The normalized spacial score (nSPS) is 30.6. The van der Waals surface area contributed by atoms with Gasteiger partial charge in [-0.25, -0.2) is 4.98 Å². The zero-order valence-electron chi connectivity index (χ0n) is 14.2. The molecule has 0 amide bonds. The Hall–Kier alpha value is -1.21. The first-order valence-electron chi connectivity index (χ1n) is 8.59. The van der Waals surface area contributed by atoms with Crippen LogP contribution in [0.1, 0.15) is 37.1 Å². The molecule has 3 atom stereocenters. The van der Waals surface area contributed by atoms with Gasteiger partial charge in [-0.1, -0.05) is 6.07 Å². The van der Waals surface area contributed by atoms with Crippen molar-refractivity contribution >= 4 is 11.3 Å². The summed E-state index contributed by atoms with van der Waals surface area (Å²) in [5, 5.41) is 12.2. The summed E-state index contributed by atoms with van der Waals surface area (Å²) in [6.45, 7) is 3.71. The van der Waals surface area contributed by atoms with Crippen molar-refractivity contribution in [3.05, 3.63) is 29.0 Å². The molecule has 130 valence electrons. The van der Waals surface area contributed by atoms with Crippen LogP contribution >= 0.6 is 11.3 Å². The SMILES string of the molecule is CO[C@@]12CC[C@@H](O)C[C@@H]1N(Cc1nc(-c3cccs3)oc1C)CC2. The number of hydrogen-bond donors (Lipinski definition) is 1. The second-order valence-corrected chi connectivity index (χ2v) is 7.88. The van der Waals surface area contributed by atoms with E-state index < -0.39 is 0 Å². The third kappa shape index (κ3) is 2.71. The van der Waals surface area contributed by atoms with Crippen LogP contribution in [-0.2, 0) is 11.3 Å². The molecular weight excluding hydrogens is 324 g/mol. The summed E-state index contributed by atoms with van der Waals surface area (Å²) in [5.41, 5.74) is 0.887. The van der Waals surface area contributed by atoms with E-state index in [1.165, 1.54) is 0 Å². The van der Waals surface area contributed by atoms with E-state index in [-0.39, 0.29) is 17.7 Å². The molecule has 2 aliphatic rings. The predicted octanol–water partition coefficient (Wildman–Crippen LogP) is 3.22. The smallest absolute Gasteiger partial charge is 0.236 e. The lowest BCUT2D eigenvalue weighted by atomic mass is 9.79. The average Bonchev–Trinajstić information content (AvgIpc) is 3.29. The van der Waals surface area contributed by atoms with Gasteiger partial charge in [0.05, 0.1) is 22.3 Å². The molecule has 2 aromatic heterocycles. The van der Waals surface area contributed by atoms with Crippen molar-refractivity contribution in [2.24, 2.45) is 0 Å². The van der Waals surface area contributed by atoms with Crippen LogP contribution < -0.4 is 0 Å². The number of aliphatic hydroxyl groups is 1. The van der Waals surface area contributed by atoms with Crippen LogP contribution in [0.3, 0.4) is 0 Å². The average molecular weight is 348 g/mol. The lowest BCUT2D eigenvalue weighted by Crippen LogP contribution is -2.51. The zero-order chi connectivity index (χ0) is 16.7. The van der Waals surface area contributed by atoms with Gasteiger partial charge in [0, 0.05) is 26.2 Å². The molecule has 2 aromatic rings. The Morgan fingerprint density at radius 3 is 3.12 bits per heavy atom. The van der Waals surface area contributed by atoms with E-state index >= 15 is 0 Å². The standard InChI is InChI=1S/C18H24N2O3S/c1-12-14(19-17(23-12)15-4-3-9-24-15)11-20-8-7-18(22-2)6-5-13(21)10-16(18)20/h3-4,9,13,16,21H,5-8,10-11H2,1-2H3/t13-,16+,18-/m1/s1. The van der Waals surface area contributed by atoms with Gasteiger partial charge in [0.25, 0.3) is 0 Å². The fourth-order valence-corrected chi connectivity index (χ4v) is 4.88. The van der Waals surface area contributed by atoms with Crippen LogP contribution in [0.5, 0.6) is 0 Å². The fourth-order valence-electron chi connectivity index (χ4n) is 4.23. The molecule has 0 unspecified atom stereocenters.